The lowest BCUT2D eigenvalue weighted by atomic mass is 9.86. The number of carbonyl (C=O) groups excluding carboxylic acids is 1. The summed E-state index contributed by atoms with van der Waals surface area (Å²) in [5.74, 6) is -0.225. The molecule has 0 radical (unpaired) electrons. The molecule has 0 spiro atoms. The number of benzene rings is 2. The van der Waals surface area contributed by atoms with Gasteiger partial charge in [0, 0.05) is 7.11 Å². The lowest BCUT2D eigenvalue weighted by Crippen LogP contribution is -2.17. The molecule has 0 aliphatic heterocycles. The summed E-state index contributed by atoms with van der Waals surface area (Å²) in [4.78, 5) is 11.6. The Morgan fingerprint density at radius 1 is 1.09 bits per heavy atom. The molecule has 2 aromatic rings. The van der Waals surface area contributed by atoms with Crippen molar-refractivity contribution in [2.24, 2.45) is 0 Å². The standard InChI is InChI=1S/C19H22ClNO2/c1-19(2,3)15-8-5-13(6-9-15)14-7-10-17(16(20)11-14)21-18(22)12-23-4/h5-11H,12H2,1-4H3,(H,21,22). The van der Waals surface area contributed by atoms with Crippen LogP contribution in [0.4, 0.5) is 5.69 Å². The van der Waals surface area contributed by atoms with E-state index >= 15 is 0 Å². The minimum atomic E-state index is -0.225. The highest BCUT2D eigenvalue weighted by Crippen LogP contribution is 2.30. The highest BCUT2D eigenvalue weighted by atomic mass is 35.5. The van der Waals surface area contributed by atoms with Crippen LogP contribution in [0.25, 0.3) is 11.1 Å². The number of anilines is 1. The van der Waals surface area contributed by atoms with Crippen molar-refractivity contribution >= 4 is 23.2 Å². The molecular formula is C19H22ClNO2. The molecule has 0 bridgehead atoms. The van der Waals surface area contributed by atoms with E-state index in [1.54, 1.807) is 0 Å². The lowest BCUT2D eigenvalue weighted by Gasteiger charge is -2.19. The first kappa shape index (κ1) is 17.5. The third-order valence-corrected chi connectivity index (χ3v) is 3.92. The summed E-state index contributed by atoms with van der Waals surface area (Å²) in [6, 6.07) is 14.1. The van der Waals surface area contributed by atoms with Crippen LogP contribution in [0.1, 0.15) is 26.3 Å². The van der Waals surface area contributed by atoms with Crippen LogP contribution >= 0.6 is 11.6 Å². The fourth-order valence-corrected chi connectivity index (χ4v) is 2.50. The van der Waals surface area contributed by atoms with Crippen molar-refractivity contribution in [3.8, 4) is 11.1 Å². The van der Waals surface area contributed by atoms with Gasteiger partial charge in [0.15, 0.2) is 0 Å². The second-order valence-corrected chi connectivity index (χ2v) is 6.91. The Hall–Kier alpha value is -1.84. The molecule has 4 heteroatoms. The van der Waals surface area contributed by atoms with Crippen LogP contribution in [0.5, 0.6) is 0 Å². The molecule has 0 fully saturated rings. The van der Waals surface area contributed by atoms with Crippen molar-refractivity contribution < 1.29 is 9.53 Å². The van der Waals surface area contributed by atoms with Crippen LogP contribution in [0.2, 0.25) is 5.02 Å². The van der Waals surface area contributed by atoms with Crippen molar-refractivity contribution in [2.75, 3.05) is 19.0 Å². The van der Waals surface area contributed by atoms with E-state index < -0.39 is 0 Å². The zero-order valence-corrected chi connectivity index (χ0v) is 14.7. The van der Waals surface area contributed by atoms with Crippen molar-refractivity contribution in [1.82, 2.24) is 0 Å². The number of nitrogens with one attached hydrogen (secondary N) is 1. The smallest absolute Gasteiger partial charge is 0.250 e. The minimum absolute atomic E-state index is 0.00630. The maximum Gasteiger partial charge on any atom is 0.250 e. The number of rotatable bonds is 4. The molecule has 122 valence electrons. The number of halogens is 1. The molecule has 0 saturated carbocycles. The van der Waals surface area contributed by atoms with Gasteiger partial charge in [-0.1, -0.05) is 62.7 Å². The second-order valence-electron chi connectivity index (χ2n) is 6.50. The van der Waals surface area contributed by atoms with Crippen LogP contribution in [-0.2, 0) is 14.9 Å². The normalized spacial score (nSPS) is 11.3. The van der Waals surface area contributed by atoms with E-state index in [0.717, 1.165) is 11.1 Å². The van der Waals surface area contributed by atoms with Gasteiger partial charge in [-0.25, -0.2) is 0 Å². The van der Waals surface area contributed by atoms with Gasteiger partial charge in [0.25, 0.3) is 0 Å². The molecule has 0 heterocycles. The highest BCUT2D eigenvalue weighted by Gasteiger charge is 2.13. The Morgan fingerprint density at radius 3 is 2.22 bits per heavy atom. The van der Waals surface area contributed by atoms with E-state index in [1.165, 1.54) is 12.7 Å². The van der Waals surface area contributed by atoms with Crippen molar-refractivity contribution in [3.05, 3.63) is 53.1 Å². The fraction of sp³-hybridized carbons (Fsp3) is 0.316. The SMILES string of the molecule is COCC(=O)Nc1ccc(-c2ccc(C(C)(C)C)cc2)cc1Cl. The number of hydrogen-bond acceptors (Lipinski definition) is 2. The third kappa shape index (κ3) is 4.57. The first-order valence-corrected chi connectivity index (χ1v) is 7.88. The predicted octanol–water partition coefficient (Wildman–Crippen LogP) is 4.89. The molecule has 23 heavy (non-hydrogen) atoms. The third-order valence-electron chi connectivity index (χ3n) is 3.60. The van der Waals surface area contributed by atoms with Gasteiger partial charge < -0.3 is 10.1 Å². The van der Waals surface area contributed by atoms with Crippen LogP contribution in [0, 0.1) is 0 Å². The van der Waals surface area contributed by atoms with Crippen molar-refractivity contribution in [3.63, 3.8) is 0 Å². The maximum absolute atomic E-state index is 11.6. The molecular weight excluding hydrogens is 310 g/mol. The Kier molecular flexibility index (Phi) is 5.45. The van der Waals surface area contributed by atoms with Crippen LogP contribution in [0.3, 0.4) is 0 Å². The highest BCUT2D eigenvalue weighted by molar-refractivity contribution is 6.34. The molecule has 1 amide bonds. The van der Waals surface area contributed by atoms with Crippen molar-refractivity contribution in [1.29, 1.82) is 0 Å². The first-order chi connectivity index (χ1) is 10.8. The molecule has 0 saturated heterocycles. The molecule has 0 atom stereocenters. The molecule has 3 nitrogen and oxygen atoms in total. The fourth-order valence-electron chi connectivity index (χ4n) is 2.28. The van der Waals surface area contributed by atoms with Crippen LogP contribution in [0.15, 0.2) is 42.5 Å². The zero-order chi connectivity index (χ0) is 17.0. The average molecular weight is 332 g/mol. The monoisotopic (exact) mass is 331 g/mol. The number of methoxy groups -OCH3 is 1. The Morgan fingerprint density at radius 2 is 1.70 bits per heavy atom. The van der Waals surface area contributed by atoms with Gasteiger partial charge in [0.05, 0.1) is 10.7 Å². The molecule has 2 rings (SSSR count). The van der Waals surface area contributed by atoms with Gasteiger partial charge in [0.1, 0.15) is 6.61 Å². The summed E-state index contributed by atoms with van der Waals surface area (Å²) in [5, 5.41) is 3.23. The number of carbonyl (C=O) groups is 1. The summed E-state index contributed by atoms with van der Waals surface area (Å²) in [6.07, 6.45) is 0. The number of hydrogen-bond donors (Lipinski definition) is 1. The maximum atomic E-state index is 11.6. The summed E-state index contributed by atoms with van der Waals surface area (Å²) in [6.45, 7) is 6.58. The first-order valence-electron chi connectivity index (χ1n) is 7.50. The van der Waals surface area contributed by atoms with Gasteiger partial charge in [0.2, 0.25) is 5.91 Å². The number of amides is 1. The van der Waals surface area contributed by atoms with E-state index in [-0.39, 0.29) is 17.9 Å². The van der Waals surface area contributed by atoms with Crippen LogP contribution < -0.4 is 5.32 Å². The lowest BCUT2D eigenvalue weighted by molar-refractivity contribution is -0.119. The van der Waals surface area contributed by atoms with E-state index in [0.29, 0.717) is 10.7 Å². The van der Waals surface area contributed by atoms with E-state index in [2.05, 4.69) is 50.4 Å². The predicted molar refractivity (Wildman–Crippen MR) is 96.1 cm³/mol. The Bertz CT molecular complexity index is 688. The van der Waals surface area contributed by atoms with Gasteiger partial charge in [-0.3, -0.25) is 4.79 Å². The van der Waals surface area contributed by atoms with Gasteiger partial charge in [-0.05, 0) is 34.2 Å². The molecule has 2 aromatic carbocycles. The molecule has 0 aromatic heterocycles. The van der Waals surface area contributed by atoms with E-state index in [4.69, 9.17) is 16.3 Å². The summed E-state index contributed by atoms with van der Waals surface area (Å²) >= 11 is 6.27. The minimum Gasteiger partial charge on any atom is -0.375 e. The summed E-state index contributed by atoms with van der Waals surface area (Å²) < 4.78 is 4.79. The largest absolute Gasteiger partial charge is 0.375 e. The quantitative estimate of drug-likeness (QED) is 0.866. The Balaban J connectivity index is 2.21. The van der Waals surface area contributed by atoms with Crippen LogP contribution in [-0.4, -0.2) is 19.6 Å². The van der Waals surface area contributed by atoms with Gasteiger partial charge in [-0.2, -0.15) is 0 Å². The molecule has 0 aliphatic rings. The molecule has 0 aliphatic carbocycles. The summed E-state index contributed by atoms with van der Waals surface area (Å²) in [5.41, 5.74) is 4.11. The van der Waals surface area contributed by atoms with E-state index in [9.17, 15) is 4.79 Å². The number of ether oxygens (including phenoxy) is 1. The van der Waals surface area contributed by atoms with E-state index in [1.807, 2.05) is 18.2 Å². The van der Waals surface area contributed by atoms with Gasteiger partial charge in [-0.15, -0.1) is 0 Å². The topological polar surface area (TPSA) is 38.3 Å². The second kappa shape index (κ2) is 7.16. The van der Waals surface area contributed by atoms with Gasteiger partial charge >= 0.3 is 0 Å². The van der Waals surface area contributed by atoms with Crippen molar-refractivity contribution in [2.45, 2.75) is 26.2 Å². The Labute approximate surface area is 142 Å². The molecule has 1 N–H and O–H groups in total. The average Bonchev–Trinajstić information content (AvgIpc) is 2.49. The zero-order valence-electron chi connectivity index (χ0n) is 13.9. The summed E-state index contributed by atoms with van der Waals surface area (Å²) in [7, 11) is 1.48. The molecule has 0 unspecified atom stereocenters.